The molecule has 13 heteroatoms. The zero-order chi connectivity index (χ0) is 32.9. The minimum absolute atomic E-state index is 0.000778. The molecule has 236 valence electrons. The third-order valence-electron chi connectivity index (χ3n) is 8.22. The fraction of sp³-hybridized carbons (Fsp3) is 0.387. The predicted octanol–water partition coefficient (Wildman–Crippen LogP) is 7.39. The standard InChI is InChI=1S/C31H30F7N3O3/c1-16-10-20(32)6-7-21(16)22-14-23(24-8-9-25(27(42)43)40(24)4)39-15-26(22)41(5)28(44)29(2,3)17-11-18(30(33,34)35)13-19(12-17)31(36,37)38/h6-7,10-15,24-25H,8-9H2,1-5H3,(H,42,43)/t24-,25+/m1/s1. The van der Waals surface area contributed by atoms with Gasteiger partial charge >= 0.3 is 18.3 Å². The highest BCUT2D eigenvalue weighted by atomic mass is 19.4. The number of hydrogen-bond acceptors (Lipinski definition) is 4. The first-order valence-electron chi connectivity index (χ1n) is 13.5. The minimum Gasteiger partial charge on any atom is -0.480 e. The Morgan fingerprint density at radius 1 is 0.909 bits per heavy atom. The van der Waals surface area contributed by atoms with Gasteiger partial charge < -0.3 is 10.0 Å². The van der Waals surface area contributed by atoms with Crippen LogP contribution in [0.3, 0.4) is 0 Å². The van der Waals surface area contributed by atoms with Gasteiger partial charge in [0.1, 0.15) is 11.9 Å². The highest BCUT2D eigenvalue weighted by Gasteiger charge is 2.42. The van der Waals surface area contributed by atoms with E-state index in [-0.39, 0.29) is 11.8 Å². The fourth-order valence-corrected chi connectivity index (χ4v) is 5.62. The van der Waals surface area contributed by atoms with E-state index < -0.39 is 64.2 Å². The average molecular weight is 626 g/mol. The second-order valence-electron chi connectivity index (χ2n) is 11.5. The number of carboxylic acids is 1. The van der Waals surface area contributed by atoms with Crippen molar-refractivity contribution in [1.82, 2.24) is 9.88 Å². The van der Waals surface area contributed by atoms with Crippen molar-refractivity contribution in [3.63, 3.8) is 0 Å². The zero-order valence-electron chi connectivity index (χ0n) is 24.4. The molecule has 0 unspecified atom stereocenters. The quantitative estimate of drug-likeness (QED) is 0.289. The molecular formula is C31H30F7N3O3. The summed E-state index contributed by atoms with van der Waals surface area (Å²) in [4.78, 5) is 32.8. The lowest BCUT2D eigenvalue weighted by atomic mass is 9.81. The molecule has 2 heterocycles. The van der Waals surface area contributed by atoms with Crippen molar-refractivity contribution in [3.05, 3.63) is 82.4 Å². The van der Waals surface area contributed by atoms with Crippen LogP contribution in [-0.2, 0) is 27.4 Å². The summed E-state index contributed by atoms with van der Waals surface area (Å²) in [6, 6.07) is 5.53. The fourth-order valence-electron chi connectivity index (χ4n) is 5.62. The van der Waals surface area contributed by atoms with Crippen LogP contribution in [0.5, 0.6) is 0 Å². The van der Waals surface area contributed by atoms with Crippen LogP contribution in [0.25, 0.3) is 11.1 Å². The van der Waals surface area contributed by atoms with Gasteiger partial charge in [-0.15, -0.1) is 0 Å². The number of carbonyl (C=O) groups is 2. The molecule has 1 saturated heterocycles. The molecule has 2 aromatic carbocycles. The molecule has 2 atom stereocenters. The van der Waals surface area contributed by atoms with E-state index in [1.807, 2.05) is 0 Å². The summed E-state index contributed by atoms with van der Waals surface area (Å²) in [6.45, 7) is 4.09. The Kier molecular flexibility index (Phi) is 8.59. The van der Waals surface area contributed by atoms with Gasteiger partial charge in [0.15, 0.2) is 0 Å². The van der Waals surface area contributed by atoms with Crippen molar-refractivity contribution < 1.29 is 45.4 Å². The maximum absolute atomic E-state index is 14.0. The van der Waals surface area contributed by atoms with E-state index in [0.29, 0.717) is 47.4 Å². The van der Waals surface area contributed by atoms with E-state index in [0.717, 1.165) is 4.90 Å². The molecule has 0 bridgehead atoms. The molecule has 1 fully saturated rings. The second kappa shape index (κ2) is 11.5. The number of aromatic nitrogens is 1. The number of hydrogen-bond donors (Lipinski definition) is 1. The molecule has 1 amide bonds. The second-order valence-corrected chi connectivity index (χ2v) is 11.5. The van der Waals surface area contributed by atoms with Crippen molar-refractivity contribution in [3.8, 4) is 11.1 Å². The topological polar surface area (TPSA) is 73.7 Å². The van der Waals surface area contributed by atoms with Gasteiger partial charge in [0.25, 0.3) is 0 Å². The van der Waals surface area contributed by atoms with Crippen LogP contribution < -0.4 is 4.90 Å². The Morgan fingerprint density at radius 3 is 1.98 bits per heavy atom. The highest BCUT2D eigenvalue weighted by Crippen LogP contribution is 2.42. The number of likely N-dealkylation sites (tertiary alicyclic amines) is 1. The summed E-state index contributed by atoms with van der Waals surface area (Å²) in [6.07, 6.45) is -8.01. The van der Waals surface area contributed by atoms with E-state index >= 15 is 0 Å². The summed E-state index contributed by atoms with van der Waals surface area (Å²) >= 11 is 0. The van der Waals surface area contributed by atoms with Crippen LogP contribution in [-0.4, -0.2) is 47.0 Å². The average Bonchev–Trinajstić information content (AvgIpc) is 3.32. The number of anilines is 1. The number of amides is 1. The van der Waals surface area contributed by atoms with Gasteiger partial charge in [0, 0.05) is 12.6 Å². The smallest absolute Gasteiger partial charge is 0.416 e. The molecule has 0 saturated carbocycles. The maximum atomic E-state index is 14.0. The van der Waals surface area contributed by atoms with Crippen molar-refractivity contribution in [2.24, 2.45) is 0 Å². The van der Waals surface area contributed by atoms with Crippen LogP contribution >= 0.6 is 0 Å². The van der Waals surface area contributed by atoms with Crippen LogP contribution in [0.4, 0.5) is 36.4 Å². The van der Waals surface area contributed by atoms with Crippen molar-refractivity contribution in [2.45, 2.75) is 63.5 Å². The third-order valence-corrected chi connectivity index (χ3v) is 8.22. The predicted molar refractivity (Wildman–Crippen MR) is 148 cm³/mol. The number of likely N-dealkylation sites (N-methyl/N-ethyl adjacent to an activating group) is 2. The molecule has 1 N–H and O–H groups in total. The largest absolute Gasteiger partial charge is 0.480 e. The van der Waals surface area contributed by atoms with Gasteiger partial charge in [-0.25, -0.2) is 4.39 Å². The maximum Gasteiger partial charge on any atom is 0.416 e. The molecular weight excluding hydrogens is 595 g/mol. The summed E-state index contributed by atoms with van der Waals surface area (Å²) < 4.78 is 95.5. The van der Waals surface area contributed by atoms with Gasteiger partial charge in [0.05, 0.1) is 40.2 Å². The summed E-state index contributed by atoms with van der Waals surface area (Å²) in [7, 11) is 2.97. The van der Waals surface area contributed by atoms with Crippen LogP contribution in [0.1, 0.15) is 60.7 Å². The van der Waals surface area contributed by atoms with Gasteiger partial charge in [0.2, 0.25) is 5.91 Å². The lowest BCUT2D eigenvalue weighted by Gasteiger charge is -2.32. The van der Waals surface area contributed by atoms with Gasteiger partial charge in [-0.1, -0.05) is 6.07 Å². The van der Waals surface area contributed by atoms with Crippen molar-refractivity contribution in [2.75, 3.05) is 19.0 Å². The third kappa shape index (κ3) is 6.28. The van der Waals surface area contributed by atoms with E-state index in [9.17, 15) is 45.4 Å². The number of carboxylic acid groups (broad SMARTS) is 1. The number of aliphatic carboxylic acids is 1. The number of nitrogens with zero attached hydrogens (tertiary/aromatic N) is 3. The monoisotopic (exact) mass is 625 g/mol. The Balaban J connectivity index is 1.83. The first-order valence-corrected chi connectivity index (χ1v) is 13.5. The first kappa shape index (κ1) is 32.9. The van der Waals surface area contributed by atoms with E-state index in [2.05, 4.69) is 4.98 Å². The number of benzene rings is 2. The highest BCUT2D eigenvalue weighted by molar-refractivity contribution is 6.03. The summed E-state index contributed by atoms with van der Waals surface area (Å²) in [5.41, 5.74) is -3.43. The molecule has 0 aliphatic carbocycles. The Labute approximate surface area is 249 Å². The number of pyridine rings is 1. The van der Waals surface area contributed by atoms with E-state index in [4.69, 9.17) is 0 Å². The van der Waals surface area contributed by atoms with Crippen LogP contribution in [0.2, 0.25) is 0 Å². The molecule has 44 heavy (non-hydrogen) atoms. The number of alkyl halides is 6. The van der Waals surface area contributed by atoms with Gasteiger partial charge in [-0.05, 0) is 93.7 Å². The molecule has 0 spiro atoms. The molecule has 0 radical (unpaired) electrons. The van der Waals surface area contributed by atoms with Crippen molar-refractivity contribution >= 4 is 17.6 Å². The Bertz CT molecular complexity index is 1570. The molecule has 1 aliphatic heterocycles. The van der Waals surface area contributed by atoms with Crippen LogP contribution in [0, 0.1) is 12.7 Å². The lowest BCUT2D eigenvalue weighted by molar-refractivity contribution is -0.144. The number of aryl methyl sites for hydroxylation is 1. The van der Waals surface area contributed by atoms with E-state index in [1.54, 1.807) is 24.9 Å². The van der Waals surface area contributed by atoms with E-state index in [1.165, 1.54) is 45.3 Å². The molecule has 4 rings (SSSR count). The van der Waals surface area contributed by atoms with Gasteiger partial charge in [-0.3, -0.25) is 19.5 Å². The number of rotatable bonds is 6. The summed E-state index contributed by atoms with van der Waals surface area (Å²) in [5.74, 6) is -2.33. The van der Waals surface area contributed by atoms with Crippen molar-refractivity contribution in [1.29, 1.82) is 0 Å². The molecule has 3 aromatic rings. The van der Waals surface area contributed by atoms with Gasteiger partial charge in [-0.2, -0.15) is 26.3 Å². The lowest BCUT2D eigenvalue weighted by Crippen LogP contribution is -2.42. The zero-order valence-corrected chi connectivity index (χ0v) is 24.4. The minimum atomic E-state index is -5.10. The first-order chi connectivity index (χ1) is 20.2. The number of carbonyl (C=O) groups excluding carboxylic acids is 1. The normalized spacial score (nSPS) is 18.0. The summed E-state index contributed by atoms with van der Waals surface area (Å²) in [5, 5.41) is 9.55. The number of halogens is 7. The van der Waals surface area contributed by atoms with Crippen LogP contribution in [0.15, 0.2) is 48.7 Å². The SMILES string of the molecule is Cc1cc(F)ccc1-c1cc([C@H]2CC[C@@H](C(=O)O)N2C)ncc1N(C)C(=O)C(C)(C)c1cc(C(F)(F)F)cc(C(F)(F)F)c1. The Morgan fingerprint density at radius 2 is 1.48 bits per heavy atom. The molecule has 1 aromatic heterocycles. The Hall–Kier alpha value is -4.00. The molecule has 1 aliphatic rings. The molecule has 6 nitrogen and oxygen atoms in total.